The van der Waals surface area contributed by atoms with Gasteiger partial charge in [-0.05, 0) is 46.3 Å². The van der Waals surface area contributed by atoms with Crippen LogP contribution in [-0.4, -0.2) is 6.04 Å². The van der Waals surface area contributed by atoms with E-state index in [0.29, 0.717) is 0 Å². The third kappa shape index (κ3) is 2.10. The van der Waals surface area contributed by atoms with Crippen molar-refractivity contribution in [3.8, 4) is 0 Å². The summed E-state index contributed by atoms with van der Waals surface area (Å²) in [6.07, 6.45) is 2.71. The van der Waals surface area contributed by atoms with Crippen LogP contribution in [0.3, 0.4) is 0 Å². The second kappa shape index (κ2) is 3.89. The van der Waals surface area contributed by atoms with Gasteiger partial charge in [-0.3, -0.25) is 0 Å². The molecule has 1 saturated carbocycles. The highest BCUT2D eigenvalue weighted by Crippen LogP contribution is 2.32. The number of hydrogen-bond acceptors (Lipinski definition) is 2. The molecule has 1 fully saturated rings. The molecule has 3 heteroatoms. The van der Waals surface area contributed by atoms with Crippen molar-refractivity contribution in [1.82, 2.24) is 5.32 Å². The van der Waals surface area contributed by atoms with E-state index in [4.69, 9.17) is 0 Å². The normalized spacial score (nSPS) is 16.1. The molecule has 1 N–H and O–H groups in total. The molecule has 1 aliphatic carbocycles. The summed E-state index contributed by atoms with van der Waals surface area (Å²) in [6, 6.07) is 9.46. The van der Waals surface area contributed by atoms with Gasteiger partial charge >= 0.3 is 0 Å². The Morgan fingerprint density at radius 1 is 1.40 bits per heavy atom. The smallest absolute Gasteiger partial charge is 0.0488 e. The third-order valence-electron chi connectivity index (χ3n) is 2.69. The minimum absolute atomic E-state index is 0.790. The molecule has 1 aromatic carbocycles. The second-order valence-corrected chi connectivity index (χ2v) is 6.02. The molecule has 1 nitrogen and oxygen atoms in total. The number of nitrogens with one attached hydrogen (secondary N) is 1. The predicted molar refractivity (Wildman–Crippen MR) is 69.4 cm³/mol. The van der Waals surface area contributed by atoms with Gasteiger partial charge in [0.2, 0.25) is 0 Å². The maximum absolute atomic E-state index is 3.59. The van der Waals surface area contributed by atoms with Crippen molar-refractivity contribution in [3.05, 3.63) is 33.6 Å². The Morgan fingerprint density at radius 3 is 3.00 bits per heavy atom. The van der Waals surface area contributed by atoms with Crippen molar-refractivity contribution in [2.75, 3.05) is 0 Å². The van der Waals surface area contributed by atoms with Crippen LogP contribution in [0.1, 0.15) is 17.7 Å². The van der Waals surface area contributed by atoms with Crippen molar-refractivity contribution >= 4 is 37.4 Å². The number of fused-ring (bicyclic) bond motifs is 1. The monoisotopic (exact) mass is 281 g/mol. The molecule has 1 aliphatic rings. The van der Waals surface area contributed by atoms with E-state index in [-0.39, 0.29) is 0 Å². The van der Waals surface area contributed by atoms with E-state index in [1.54, 1.807) is 0 Å². The first-order chi connectivity index (χ1) is 7.33. The first kappa shape index (κ1) is 9.82. The summed E-state index contributed by atoms with van der Waals surface area (Å²) in [5.74, 6) is 0. The topological polar surface area (TPSA) is 12.0 Å². The first-order valence-electron chi connectivity index (χ1n) is 5.23. The lowest BCUT2D eigenvalue weighted by Crippen LogP contribution is -2.14. The molecular formula is C12H12BrNS. The molecule has 0 saturated heterocycles. The zero-order chi connectivity index (χ0) is 10.3. The quantitative estimate of drug-likeness (QED) is 0.899. The van der Waals surface area contributed by atoms with Crippen LogP contribution < -0.4 is 5.32 Å². The highest BCUT2D eigenvalue weighted by molar-refractivity contribution is 9.10. The van der Waals surface area contributed by atoms with Crippen LogP contribution in [-0.2, 0) is 6.54 Å². The van der Waals surface area contributed by atoms with E-state index in [2.05, 4.69) is 45.5 Å². The summed E-state index contributed by atoms with van der Waals surface area (Å²) in [7, 11) is 0. The molecule has 3 rings (SSSR count). The summed E-state index contributed by atoms with van der Waals surface area (Å²) in [5.41, 5.74) is 0. The summed E-state index contributed by atoms with van der Waals surface area (Å²) in [6.45, 7) is 1.02. The lowest BCUT2D eigenvalue weighted by Gasteiger charge is -1.97. The summed E-state index contributed by atoms with van der Waals surface area (Å²) < 4.78 is 2.58. The van der Waals surface area contributed by atoms with Gasteiger partial charge < -0.3 is 5.32 Å². The van der Waals surface area contributed by atoms with Crippen LogP contribution in [0.4, 0.5) is 0 Å². The minimum atomic E-state index is 0.790. The zero-order valence-electron chi connectivity index (χ0n) is 8.29. The van der Waals surface area contributed by atoms with Gasteiger partial charge in [0.05, 0.1) is 0 Å². The van der Waals surface area contributed by atoms with E-state index < -0.39 is 0 Å². The fourth-order valence-electron chi connectivity index (χ4n) is 1.70. The highest BCUT2D eigenvalue weighted by Gasteiger charge is 2.20. The Kier molecular flexibility index (Phi) is 2.54. The molecule has 0 radical (unpaired) electrons. The molecule has 78 valence electrons. The molecule has 1 aromatic heterocycles. The van der Waals surface area contributed by atoms with Crippen LogP contribution in [0.25, 0.3) is 10.1 Å². The number of benzene rings is 1. The molecular weight excluding hydrogens is 270 g/mol. The number of halogens is 1. The van der Waals surface area contributed by atoms with Gasteiger partial charge in [0, 0.05) is 26.6 Å². The van der Waals surface area contributed by atoms with Gasteiger partial charge in [0.15, 0.2) is 0 Å². The summed E-state index contributed by atoms with van der Waals surface area (Å²) in [5, 5.41) is 4.90. The van der Waals surface area contributed by atoms with E-state index in [1.807, 2.05) is 11.3 Å². The standard InChI is InChI=1S/C12H12BrNS/c13-11-3-1-2-8-6-10(15-12(8)11)7-14-9-4-5-9/h1-3,6,9,14H,4-5,7H2. The molecule has 15 heavy (non-hydrogen) atoms. The average molecular weight is 282 g/mol. The second-order valence-electron chi connectivity index (χ2n) is 4.03. The first-order valence-corrected chi connectivity index (χ1v) is 6.84. The number of thiophene rings is 1. The van der Waals surface area contributed by atoms with Gasteiger partial charge in [-0.1, -0.05) is 12.1 Å². The number of rotatable bonds is 3. The third-order valence-corrected chi connectivity index (χ3v) is 4.80. The van der Waals surface area contributed by atoms with Crippen molar-refractivity contribution in [2.24, 2.45) is 0 Å². The Bertz CT molecular complexity index is 487. The van der Waals surface area contributed by atoms with Crippen LogP contribution >= 0.6 is 27.3 Å². The largest absolute Gasteiger partial charge is 0.309 e. The zero-order valence-corrected chi connectivity index (χ0v) is 10.7. The summed E-state index contributed by atoms with van der Waals surface area (Å²) in [4.78, 5) is 1.43. The maximum atomic E-state index is 3.59. The molecule has 0 amide bonds. The molecule has 0 spiro atoms. The van der Waals surface area contributed by atoms with Crippen molar-refractivity contribution < 1.29 is 0 Å². The Balaban J connectivity index is 1.88. The predicted octanol–water partition coefficient (Wildman–Crippen LogP) is 3.92. The highest BCUT2D eigenvalue weighted by atomic mass is 79.9. The summed E-state index contributed by atoms with van der Waals surface area (Å²) >= 11 is 5.48. The van der Waals surface area contributed by atoms with Gasteiger partial charge in [-0.25, -0.2) is 0 Å². The van der Waals surface area contributed by atoms with Crippen LogP contribution in [0.2, 0.25) is 0 Å². The van der Waals surface area contributed by atoms with Gasteiger partial charge in [0.25, 0.3) is 0 Å². The molecule has 0 aliphatic heterocycles. The Morgan fingerprint density at radius 2 is 2.27 bits per heavy atom. The van der Waals surface area contributed by atoms with Crippen molar-refractivity contribution in [3.63, 3.8) is 0 Å². The molecule has 0 bridgehead atoms. The van der Waals surface area contributed by atoms with Crippen LogP contribution in [0.5, 0.6) is 0 Å². The SMILES string of the molecule is Brc1cccc2cc(CNC3CC3)sc12. The van der Waals surface area contributed by atoms with Gasteiger partial charge in [-0.15, -0.1) is 11.3 Å². The molecule has 0 atom stereocenters. The van der Waals surface area contributed by atoms with E-state index >= 15 is 0 Å². The van der Waals surface area contributed by atoms with Crippen LogP contribution in [0.15, 0.2) is 28.7 Å². The van der Waals surface area contributed by atoms with Gasteiger partial charge in [0.1, 0.15) is 0 Å². The molecule has 2 aromatic rings. The Hall–Kier alpha value is -0.380. The van der Waals surface area contributed by atoms with E-state index in [0.717, 1.165) is 12.6 Å². The van der Waals surface area contributed by atoms with Crippen molar-refractivity contribution in [1.29, 1.82) is 0 Å². The molecule has 1 heterocycles. The van der Waals surface area contributed by atoms with E-state index in [1.165, 1.54) is 32.3 Å². The fraction of sp³-hybridized carbons (Fsp3) is 0.333. The lowest BCUT2D eigenvalue weighted by molar-refractivity contribution is 0.695. The fourth-order valence-corrected chi connectivity index (χ4v) is 3.34. The number of hydrogen-bond donors (Lipinski definition) is 1. The van der Waals surface area contributed by atoms with E-state index in [9.17, 15) is 0 Å². The van der Waals surface area contributed by atoms with Gasteiger partial charge in [-0.2, -0.15) is 0 Å². The van der Waals surface area contributed by atoms with Crippen molar-refractivity contribution in [2.45, 2.75) is 25.4 Å². The Labute approximate surface area is 102 Å². The average Bonchev–Trinajstić information content (AvgIpc) is 2.95. The van der Waals surface area contributed by atoms with Crippen LogP contribution in [0, 0.1) is 0 Å². The lowest BCUT2D eigenvalue weighted by atomic mass is 10.2. The maximum Gasteiger partial charge on any atom is 0.0488 e. The molecule has 0 unspecified atom stereocenters. The minimum Gasteiger partial charge on any atom is -0.309 e.